The summed E-state index contributed by atoms with van der Waals surface area (Å²) in [5.41, 5.74) is 1.46. The second-order valence-corrected chi connectivity index (χ2v) is 7.49. The number of hydrogen-bond donors (Lipinski definition) is 3. The second-order valence-electron chi connectivity index (χ2n) is 7.49. The molecule has 0 unspecified atom stereocenters. The molecular weight excluding hydrogens is 386 g/mol. The van der Waals surface area contributed by atoms with Crippen LogP contribution in [0.2, 0.25) is 6.82 Å². The zero-order chi connectivity index (χ0) is 22.4. The van der Waals surface area contributed by atoms with Crippen LogP contribution >= 0.6 is 0 Å². The number of carbonyl (C=O) groups is 3. The normalized spacial score (nSPS) is 20.3. The molecule has 0 bridgehead atoms. The fourth-order valence-electron chi connectivity index (χ4n) is 3.35. The first-order chi connectivity index (χ1) is 14.2. The first-order valence-electron chi connectivity index (χ1n) is 9.79. The van der Waals surface area contributed by atoms with Crippen LogP contribution in [0.3, 0.4) is 0 Å². The van der Waals surface area contributed by atoms with Crippen LogP contribution in [0.15, 0.2) is 29.3 Å². The number of hydrogen-bond acceptors (Lipinski definition) is 7. The second kappa shape index (κ2) is 10.4. The molecule has 3 amide bonds. The van der Waals surface area contributed by atoms with Gasteiger partial charge in [0.25, 0.3) is 0 Å². The van der Waals surface area contributed by atoms with Gasteiger partial charge in [-0.1, -0.05) is 0 Å². The number of benzene rings is 1. The maximum absolute atomic E-state index is 13.1. The van der Waals surface area contributed by atoms with E-state index in [-0.39, 0.29) is 12.5 Å². The number of β-lactam (4-membered cyclic amide) rings is 1. The van der Waals surface area contributed by atoms with Crippen molar-refractivity contribution in [1.82, 2.24) is 15.4 Å². The summed E-state index contributed by atoms with van der Waals surface area (Å²) in [6.07, 6.45) is 1.04. The Kier molecular flexibility index (Phi) is 8.19. The number of rotatable bonds is 9. The van der Waals surface area contributed by atoms with Gasteiger partial charge in [0, 0.05) is 0 Å². The Labute approximate surface area is 176 Å². The third kappa shape index (κ3) is 5.48. The molecule has 158 valence electrons. The van der Waals surface area contributed by atoms with Crippen molar-refractivity contribution in [1.29, 1.82) is 0 Å². The van der Waals surface area contributed by atoms with Gasteiger partial charge < -0.3 is 0 Å². The summed E-state index contributed by atoms with van der Waals surface area (Å²) in [5, 5.41) is 14.9. The third-order valence-electron chi connectivity index (χ3n) is 5.11. The van der Waals surface area contributed by atoms with Crippen LogP contribution < -0.4 is 10.5 Å². The first-order valence-corrected chi connectivity index (χ1v) is 9.79. The van der Waals surface area contributed by atoms with E-state index in [1.54, 1.807) is 26.0 Å². The van der Waals surface area contributed by atoms with Gasteiger partial charge >= 0.3 is 176 Å². The Bertz CT molecular complexity index is 831. The van der Waals surface area contributed by atoms with Crippen LogP contribution in [0.5, 0.6) is 0 Å². The number of imide groups is 1. The molecule has 4 atom stereocenters. The topological polar surface area (TPSA) is 128 Å². The van der Waals surface area contributed by atoms with Crippen molar-refractivity contribution in [2.75, 3.05) is 6.54 Å². The van der Waals surface area contributed by atoms with Gasteiger partial charge in [-0.3, -0.25) is 0 Å². The SMILES string of the molecule is CB(O)N[C@H]1C(=O)N(C(=O)[C@H](C/N=C\B=O)[C@@H](C)NC(=O)c2ccc(C)cc2)[C@@H]1C. The molecular formula is C19H26B2N4O5. The maximum atomic E-state index is 13.1. The van der Waals surface area contributed by atoms with Crippen LogP contribution in [0, 0.1) is 12.8 Å². The van der Waals surface area contributed by atoms with Gasteiger partial charge in [0.15, 0.2) is 0 Å². The molecule has 11 heteroatoms. The van der Waals surface area contributed by atoms with Crippen LogP contribution in [0.25, 0.3) is 0 Å². The predicted octanol–water partition coefficient (Wildman–Crippen LogP) is -0.367. The first kappa shape index (κ1) is 23.6. The molecule has 1 aromatic rings. The van der Waals surface area contributed by atoms with E-state index in [0.717, 1.165) is 16.6 Å². The molecule has 0 aromatic heterocycles. The van der Waals surface area contributed by atoms with E-state index in [0.29, 0.717) is 12.7 Å². The van der Waals surface area contributed by atoms with Gasteiger partial charge in [0.2, 0.25) is 0 Å². The van der Waals surface area contributed by atoms with Crippen molar-refractivity contribution in [2.45, 2.75) is 45.7 Å². The fourth-order valence-corrected chi connectivity index (χ4v) is 3.35. The van der Waals surface area contributed by atoms with Gasteiger partial charge in [-0.15, -0.1) is 0 Å². The molecule has 0 radical (unpaired) electrons. The molecule has 1 saturated heterocycles. The van der Waals surface area contributed by atoms with E-state index >= 15 is 0 Å². The molecule has 3 N–H and O–H groups in total. The minimum absolute atomic E-state index is 0.0576. The summed E-state index contributed by atoms with van der Waals surface area (Å²) in [4.78, 5) is 43.1. The Morgan fingerprint density at radius 1 is 1.37 bits per heavy atom. The van der Waals surface area contributed by atoms with Crippen molar-refractivity contribution in [3.63, 3.8) is 0 Å². The average Bonchev–Trinajstić information content (AvgIpc) is 2.69. The summed E-state index contributed by atoms with van der Waals surface area (Å²) < 4.78 is 10.6. The predicted molar refractivity (Wildman–Crippen MR) is 113 cm³/mol. The van der Waals surface area contributed by atoms with E-state index in [4.69, 9.17) is 0 Å². The van der Waals surface area contributed by atoms with E-state index in [1.165, 1.54) is 6.82 Å². The number of aliphatic imine (C=N–C) groups is 1. The molecule has 2 rings (SSSR count). The van der Waals surface area contributed by atoms with Crippen molar-refractivity contribution < 1.29 is 24.1 Å². The molecule has 1 fully saturated rings. The van der Waals surface area contributed by atoms with Crippen LogP contribution in [-0.2, 0) is 14.3 Å². The Morgan fingerprint density at radius 3 is 2.53 bits per heavy atom. The molecule has 1 aliphatic heterocycles. The van der Waals surface area contributed by atoms with E-state index < -0.39 is 42.9 Å². The van der Waals surface area contributed by atoms with Gasteiger partial charge in [0.1, 0.15) is 0 Å². The summed E-state index contributed by atoms with van der Waals surface area (Å²) in [6, 6.07) is 5.23. The molecule has 9 nitrogen and oxygen atoms in total. The van der Waals surface area contributed by atoms with Crippen molar-refractivity contribution in [2.24, 2.45) is 10.9 Å². The molecule has 30 heavy (non-hydrogen) atoms. The van der Waals surface area contributed by atoms with Crippen molar-refractivity contribution in [3.05, 3.63) is 35.4 Å². The van der Waals surface area contributed by atoms with Gasteiger partial charge in [-0.25, -0.2) is 0 Å². The number of aryl methyl sites for hydroxylation is 1. The summed E-state index contributed by atoms with van der Waals surface area (Å²) >= 11 is 0. The third-order valence-corrected chi connectivity index (χ3v) is 5.11. The molecule has 0 spiro atoms. The zero-order valence-electron chi connectivity index (χ0n) is 17.5. The average molecular weight is 412 g/mol. The molecule has 1 aliphatic rings. The number of nitrogens with zero attached hydrogens (tertiary/aromatic N) is 2. The van der Waals surface area contributed by atoms with E-state index in [1.807, 2.05) is 19.1 Å². The van der Waals surface area contributed by atoms with Crippen molar-refractivity contribution in [3.8, 4) is 0 Å². The Morgan fingerprint density at radius 2 is 2.00 bits per heavy atom. The number of amides is 3. The van der Waals surface area contributed by atoms with E-state index in [2.05, 4.69) is 15.5 Å². The fraction of sp³-hybridized carbons (Fsp3) is 0.474. The van der Waals surface area contributed by atoms with Gasteiger partial charge in [0.05, 0.1) is 0 Å². The number of nitrogens with one attached hydrogen (secondary N) is 2. The van der Waals surface area contributed by atoms with Crippen molar-refractivity contribution >= 4 is 38.0 Å². The Hall–Kier alpha value is -2.65. The molecule has 0 aliphatic carbocycles. The monoisotopic (exact) mass is 412 g/mol. The standard InChI is InChI=1S/C19H26B2N4O5/c1-11-5-7-14(8-6-11)17(26)23-12(2)15(9-22-10-20-29)18(27)25-13(3)16(19(25)28)24-21(4)30/h5-8,10,12-13,15-16,24,30H,9H2,1-4H3,(H,23,26)/b22-10-/t12-,13-,15-,16-/m1/s1. The van der Waals surface area contributed by atoms with Crippen LogP contribution in [-0.4, -0.2) is 72.6 Å². The summed E-state index contributed by atoms with van der Waals surface area (Å²) in [7, 11) is -0.392. The summed E-state index contributed by atoms with van der Waals surface area (Å²) in [6.45, 7) is 6.70. The van der Waals surface area contributed by atoms with Crippen LogP contribution in [0.1, 0.15) is 29.8 Å². The van der Waals surface area contributed by atoms with E-state index in [9.17, 15) is 24.1 Å². The summed E-state index contributed by atoms with van der Waals surface area (Å²) in [5.74, 6) is -2.13. The quantitative estimate of drug-likeness (QED) is 0.289. The van der Waals surface area contributed by atoms with Gasteiger partial charge in [-0.05, 0) is 0 Å². The van der Waals surface area contributed by atoms with Gasteiger partial charge in [-0.2, -0.15) is 0 Å². The number of carbonyl (C=O) groups excluding carboxylic acids is 3. The number of likely N-dealkylation sites (tertiary alicyclic amines) is 1. The Balaban J connectivity index is 2.14. The minimum atomic E-state index is -0.889. The molecule has 1 aromatic carbocycles. The van der Waals surface area contributed by atoms with Crippen LogP contribution in [0.4, 0.5) is 0 Å². The molecule has 0 saturated carbocycles. The zero-order valence-corrected chi connectivity index (χ0v) is 17.5. The molecule has 1 heterocycles.